The molecule has 0 unspecified atom stereocenters. The first-order valence-electron chi connectivity index (χ1n) is 7.64. The van der Waals surface area contributed by atoms with Gasteiger partial charge < -0.3 is 9.47 Å². The number of ether oxygens (including phenoxy) is 2. The van der Waals surface area contributed by atoms with E-state index in [0.717, 1.165) is 23.3 Å². The van der Waals surface area contributed by atoms with Crippen LogP contribution in [0.2, 0.25) is 0 Å². The van der Waals surface area contributed by atoms with Gasteiger partial charge in [-0.15, -0.1) is 0 Å². The molecule has 6 heteroatoms. The Morgan fingerprint density at radius 2 is 2.00 bits per heavy atom. The van der Waals surface area contributed by atoms with Crippen LogP contribution in [-0.2, 0) is 17.6 Å². The Morgan fingerprint density at radius 3 is 2.83 bits per heavy atom. The van der Waals surface area contributed by atoms with E-state index >= 15 is 0 Å². The minimum Gasteiger partial charge on any atom is -0.496 e. The number of hydrogen-bond donors (Lipinski definition) is 2. The number of para-hydroxylation sites is 1. The van der Waals surface area contributed by atoms with Crippen LogP contribution < -0.4 is 20.3 Å². The minimum absolute atomic E-state index is 0.113. The monoisotopic (exact) mass is 326 g/mol. The molecule has 3 rings (SSSR count). The lowest BCUT2D eigenvalue weighted by molar-refractivity contribution is -0.121. The number of amides is 2. The zero-order valence-electron chi connectivity index (χ0n) is 13.3. The van der Waals surface area contributed by atoms with Crippen molar-refractivity contribution in [2.75, 3.05) is 13.7 Å². The largest absolute Gasteiger partial charge is 0.496 e. The average Bonchev–Trinajstić information content (AvgIpc) is 3.07. The Balaban J connectivity index is 1.57. The number of hydrazine groups is 1. The van der Waals surface area contributed by atoms with Crippen molar-refractivity contribution in [3.63, 3.8) is 0 Å². The van der Waals surface area contributed by atoms with E-state index in [1.54, 1.807) is 37.4 Å². The summed E-state index contributed by atoms with van der Waals surface area (Å²) in [5.74, 6) is 0.764. The molecule has 0 spiro atoms. The van der Waals surface area contributed by atoms with Gasteiger partial charge >= 0.3 is 0 Å². The fraction of sp³-hybridized carbons (Fsp3) is 0.222. The highest BCUT2D eigenvalue weighted by Crippen LogP contribution is 2.25. The predicted octanol–water partition coefficient (Wildman–Crippen LogP) is 1.63. The first-order chi connectivity index (χ1) is 11.7. The molecule has 0 saturated heterocycles. The molecule has 2 N–H and O–H groups in total. The van der Waals surface area contributed by atoms with E-state index in [9.17, 15) is 9.59 Å². The van der Waals surface area contributed by atoms with Gasteiger partial charge in [0, 0.05) is 17.5 Å². The maximum Gasteiger partial charge on any atom is 0.269 e. The third kappa shape index (κ3) is 3.48. The Hall–Kier alpha value is -3.02. The molecule has 1 heterocycles. The lowest BCUT2D eigenvalue weighted by atomic mass is 10.1. The molecule has 2 aromatic carbocycles. The highest BCUT2D eigenvalue weighted by molar-refractivity contribution is 5.96. The first-order valence-corrected chi connectivity index (χ1v) is 7.64. The standard InChI is InChI=1S/C18H18N2O4/c1-23-15-5-3-2-4-12(15)11-17(21)19-20-18(22)14-6-7-16-13(10-14)8-9-24-16/h2-7,10H,8-9,11H2,1H3,(H,19,21)(H,20,22). The number of nitrogens with one attached hydrogen (secondary N) is 2. The van der Waals surface area contributed by atoms with Crippen molar-refractivity contribution in [1.29, 1.82) is 0 Å². The van der Waals surface area contributed by atoms with Gasteiger partial charge in [0.2, 0.25) is 5.91 Å². The van der Waals surface area contributed by atoms with Gasteiger partial charge in [0.05, 0.1) is 20.1 Å². The second-order valence-electron chi connectivity index (χ2n) is 5.41. The molecular formula is C18H18N2O4. The van der Waals surface area contributed by atoms with Crippen LogP contribution >= 0.6 is 0 Å². The average molecular weight is 326 g/mol. The molecule has 0 aromatic heterocycles. The quantitative estimate of drug-likeness (QED) is 0.838. The van der Waals surface area contributed by atoms with Crippen molar-refractivity contribution in [3.05, 3.63) is 59.2 Å². The summed E-state index contributed by atoms with van der Waals surface area (Å²) in [7, 11) is 1.55. The van der Waals surface area contributed by atoms with Crippen LogP contribution in [0.5, 0.6) is 11.5 Å². The van der Waals surface area contributed by atoms with Gasteiger partial charge in [-0.25, -0.2) is 0 Å². The zero-order chi connectivity index (χ0) is 16.9. The van der Waals surface area contributed by atoms with Crippen LogP contribution in [0.25, 0.3) is 0 Å². The lowest BCUT2D eigenvalue weighted by Crippen LogP contribution is -2.42. The number of fused-ring (bicyclic) bond motifs is 1. The summed E-state index contributed by atoms with van der Waals surface area (Å²) in [5.41, 5.74) is 7.09. The van der Waals surface area contributed by atoms with Gasteiger partial charge in [-0.3, -0.25) is 20.4 Å². The third-order valence-electron chi connectivity index (χ3n) is 3.81. The summed E-state index contributed by atoms with van der Waals surface area (Å²) >= 11 is 0. The summed E-state index contributed by atoms with van der Waals surface area (Å²) in [6.45, 7) is 0.635. The van der Waals surface area contributed by atoms with Gasteiger partial charge in [0.25, 0.3) is 5.91 Å². The molecule has 0 bridgehead atoms. The molecule has 0 saturated carbocycles. The van der Waals surface area contributed by atoms with Crippen molar-refractivity contribution < 1.29 is 19.1 Å². The molecule has 2 amide bonds. The van der Waals surface area contributed by atoms with E-state index in [2.05, 4.69) is 10.9 Å². The SMILES string of the molecule is COc1ccccc1CC(=O)NNC(=O)c1ccc2c(c1)CCO2. The maximum atomic E-state index is 12.1. The lowest BCUT2D eigenvalue weighted by Gasteiger charge is -2.10. The first kappa shape index (κ1) is 15.9. The van der Waals surface area contributed by atoms with Crippen LogP contribution in [0, 0.1) is 0 Å². The highest BCUT2D eigenvalue weighted by Gasteiger charge is 2.15. The maximum absolute atomic E-state index is 12.1. The van der Waals surface area contributed by atoms with E-state index < -0.39 is 0 Å². The number of rotatable bonds is 4. The predicted molar refractivity (Wildman–Crippen MR) is 87.9 cm³/mol. The van der Waals surface area contributed by atoms with Crippen molar-refractivity contribution in [2.24, 2.45) is 0 Å². The Labute approximate surface area is 139 Å². The number of benzene rings is 2. The molecule has 1 aliphatic rings. The van der Waals surface area contributed by atoms with Crippen molar-refractivity contribution in [1.82, 2.24) is 10.9 Å². The molecule has 1 aliphatic heterocycles. The molecule has 6 nitrogen and oxygen atoms in total. The molecule has 0 aliphatic carbocycles. The molecule has 0 atom stereocenters. The number of carbonyl (C=O) groups is 2. The minimum atomic E-state index is -0.363. The topological polar surface area (TPSA) is 76.7 Å². The number of hydrogen-bond acceptors (Lipinski definition) is 4. The Kier molecular flexibility index (Phi) is 4.65. The summed E-state index contributed by atoms with van der Waals surface area (Å²) in [6.07, 6.45) is 0.902. The highest BCUT2D eigenvalue weighted by atomic mass is 16.5. The van der Waals surface area contributed by atoms with Crippen LogP contribution in [0.4, 0.5) is 0 Å². The summed E-state index contributed by atoms with van der Waals surface area (Å²) in [4.78, 5) is 24.1. The zero-order valence-corrected chi connectivity index (χ0v) is 13.3. The molecule has 0 fully saturated rings. The Morgan fingerprint density at radius 1 is 1.17 bits per heavy atom. The van der Waals surface area contributed by atoms with Crippen molar-refractivity contribution in [3.8, 4) is 11.5 Å². The van der Waals surface area contributed by atoms with E-state index in [1.807, 2.05) is 12.1 Å². The molecular weight excluding hydrogens is 308 g/mol. The Bertz CT molecular complexity index is 773. The summed E-state index contributed by atoms with van der Waals surface area (Å²) < 4.78 is 10.6. The third-order valence-corrected chi connectivity index (χ3v) is 3.81. The fourth-order valence-electron chi connectivity index (χ4n) is 2.59. The van der Waals surface area contributed by atoms with Gasteiger partial charge in [0.15, 0.2) is 0 Å². The van der Waals surface area contributed by atoms with Crippen LogP contribution in [-0.4, -0.2) is 25.5 Å². The number of carbonyl (C=O) groups excluding carboxylic acids is 2. The summed E-state index contributed by atoms with van der Waals surface area (Å²) in [6, 6.07) is 12.5. The van der Waals surface area contributed by atoms with Gasteiger partial charge in [-0.05, 0) is 29.8 Å². The van der Waals surface area contributed by atoms with Crippen LogP contribution in [0.1, 0.15) is 21.5 Å². The smallest absolute Gasteiger partial charge is 0.269 e. The number of methoxy groups -OCH3 is 1. The molecule has 0 radical (unpaired) electrons. The van der Waals surface area contributed by atoms with Crippen LogP contribution in [0.15, 0.2) is 42.5 Å². The normalized spacial score (nSPS) is 12.0. The van der Waals surface area contributed by atoms with Crippen molar-refractivity contribution in [2.45, 2.75) is 12.8 Å². The molecule has 24 heavy (non-hydrogen) atoms. The van der Waals surface area contributed by atoms with E-state index in [4.69, 9.17) is 9.47 Å². The van der Waals surface area contributed by atoms with E-state index in [1.165, 1.54) is 0 Å². The van der Waals surface area contributed by atoms with E-state index in [0.29, 0.717) is 17.9 Å². The van der Waals surface area contributed by atoms with Crippen molar-refractivity contribution >= 4 is 11.8 Å². The fourth-order valence-corrected chi connectivity index (χ4v) is 2.59. The summed E-state index contributed by atoms with van der Waals surface area (Å²) in [5, 5.41) is 0. The molecule has 2 aromatic rings. The van der Waals surface area contributed by atoms with Crippen LogP contribution in [0.3, 0.4) is 0 Å². The second-order valence-corrected chi connectivity index (χ2v) is 5.41. The van der Waals surface area contributed by atoms with Gasteiger partial charge in [0.1, 0.15) is 11.5 Å². The van der Waals surface area contributed by atoms with E-state index in [-0.39, 0.29) is 18.2 Å². The molecule has 124 valence electrons. The second kappa shape index (κ2) is 7.04. The van der Waals surface area contributed by atoms with Gasteiger partial charge in [-0.1, -0.05) is 18.2 Å². The van der Waals surface area contributed by atoms with Gasteiger partial charge in [-0.2, -0.15) is 0 Å².